The molecule has 0 aromatic carbocycles. The van der Waals surface area contributed by atoms with Gasteiger partial charge < -0.3 is 4.74 Å². The van der Waals surface area contributed by atoms with Crippen LogP contribution in [0.3, 0.4) is 0 Å². The number of sulfonamides is 1. The topological polar surface area (TPSA) is 75.7 Å². The van der Waals surface area contributed by atoms with Gasteiger partial charge in [0.15, 0.2) is 0 Å². The van der Waals surface area contributed by atoms with Gasteiger partial charge in [0.1, 0.15) is 0 Å². The first-order chi connectivity index (χ1) is 7.90. The number of hydrogen-bond donors (Lipinski definition) is 1. The Morgan fingerprint density at radius 1 is 1.41 bits per heavy atom. The van der Waals surface area contributed by atoms with E-state index in [-0.39, 0.29) is 12.0 Å². The van der Waals surface area contributed by atoms with E-state index in [4.69, 9.17) is 4.74 Å². The quantitative estimate of drug-likeness (QED) is 0.682. The number of nitrogens with zero attached hydrogens (tertiary/aromatic N) is 1. The van der Waals surface area contributed by atoms with Gasteiger partial charge in [0.25, 0.3) is 0 Å². The van der Waals surface area contributed by atoms with E-state index < -0.39 is 10.0 Å². The maximum Gasteiger partial charge on any atom is 0.320 e. The lowest BCUT2D eigenvalue weighted by Gasteiger charge is -2.31. The molecule has 0 aromatic heterocycles. The van der Waals surface area contributed by atoms with Gasteiger partial charge in [0.05, 0.1) is 19.4 Å². The molecule has 0 radical (unpaired) electrons. The van der Waals surface area contributed by atoms with Gasteiger partial charge in [-0.05, 0) is 19.8 Å². The molecule has 0 aliphatic carbocycles. The first kappa shape index (κ1) is 14.4. The number of likely N-dealkylation sites (tertiary alicyclic amines) is 1. The predicted molar refractivity (Wildman–Crippen MR) is 64.1 cm³/mol. The Hall–Kier alpha value is -0.660. The van der Waals surface area contributed by atoms with Crippen LogP contribution in [0.15, 0.2) is 0 Å². The molecular weight excluding hydrogens is 244 g/mol. The van der Waals surface area contributed by atoms with Gasteiger partial charge in [0, 0.05) is 19.1 Å². The van der Waals surface area contributed by atoms with E-state index in [0.717, 1.165) is 19.1 Å². The Kier molecular flexibility index (Phi) is 5.35. The average Bonchev–Trinajstić information content (AvgIpc) is 2.19. The molecule has 1 N–H and O–H groups in total. The summed E-state index contributed by atoms with van der Waals surface area (Å²) >= 11 is 0. The number of hydrogen-bond acceptors (Lipinski definition) is 5. The number of rotatable bonds is 5. The highest BCUT2D eigenvalue weighted by Gasteiger charge is 2.22. The van der Waals surface area contributed by atoms with Crippen LogP contribution in [0.2, 0.25) is 0 Å². The highest BCUT2D eigenvalue weighted by atomic mass is 32.2. The lowest BCUT2D eigenvalue weighted by atomic mass is 10.1. The summed E-state index contributed by atoms with van der Waals surface area (Å²) in [5.41, 5.74) is 0. The van der Waals surface area contributed by atoms with Crippen molar-refractivity contribution in [2.45, 2.75) is 25.8 Å². The number of ether oxygens (including phenoxy) is 1. The van der Waals surface area contributed by atoms with Gasteiger partial charge in [0.2, 0.25) is 10.0 Å². The van der Waals surface area contributed by atoms with Crippen LogP contribution in [0.5, 0.6) is 0 Å². The van der Waals surface area contributed by atoms with Crippen LogP contribution in [0, 0.1) is 0 Å². The van der Waals surface area contributed by atoms with E-state index in [0.29, 0.717) is 26.2 Å². The molecule has 17 heavy (non-hydrogen) atoms. The number of carbonyl (C=O) groups excluding carboxylic acids is 1. The second kappa shape index (κ2) is 6.32. The van der Waals surface area contributed by atoms with Crippen molar-refractivity contribution in [2.75, 3.05) is 32.5 Å². The Balaban J connectivity index is 2.28. The zero-order valence-electron chi connectivity index (χ0n) is 10.3. The largest absolute Gasteiger partial charge is 0.465 e. The van der Waals surface area contributed by atoms with Crippen LogP contribution >= 0.6 is 0 Å². The molecule has 0 bridgehead atoms. The fourth-order valence-corrected chi connectivity index (χ4v) is 2.74. The Labute approximate surface area is 102 Å². The van der Waals surface area contributed by atoms with Gasteiger partial charge in [-0.15, -0.1) is 0 Å². The lowest BCUT2D eigenvalue weighted by Crippen LogP contribution is -2.45. The van der Waals surface area contributed by atoms with Crippen molar-refractivity contribution in [3.8, 4) is 0 Å². The summed E-state index contributed by atoms with van der Waals surface area (Å²) in [6, 6.07) is -0.0107. The van der Waals surface area contributed by atoms with Gasteiger partial charge in [-0.3, -0.25) is 9.69 Å². The molecule has 1 fully saturated rings. The van der Waals surface area contributed by atoms with E-state index in [1.54, 1.807) is 6.92 Å². The first-order valence-corrected chi connectivity index (χ1v) is 7.65. The smallest absolute Gasteiger partial charge is 0.320 e. The highest BCUT2D eigenvalue weighted by molar-refractivity contribution is 7.88. The Bertz CT molecular complexity index is 347. The summed E-state index contributed by atoms with van der Waals surface area (Å²) in [4.78, 5) is 13.2. The summed E-state index contributed by atoms with van der Waals surface area (Å²) in [6.07, 6.45) is 2.62. The van der Waals surface area contributed by atoms with Crippen molar-refractivity contribution in [1.29, 1.82) is 0 Å². The minimum atomic E-state index is -3.13. The minimum absolute atomic E-state index is 0.0107. The number of nitrogens with one attached hydrogen (secondary N) is 1. The summed E-state index contributed by atoms with van der Waals surface area (Å²) < 4.78 is 29.5. The van der Waals surface area contributed by atoms with Crippen LogP contribution < -0.4 is 4.72 Å². The molecule has 0 atom stereocenters. The van der Waals surface area contributed by atoms with Crippen LogP contribution in [0.4, 0.5) is 0 Å². The van der Waals surface area contributed by atoms with E-state index >= 15 is 0 Å². The van der Waals surface area contributed by atoms with Crippen molar-refractivity contribution in [3.05, 3.63) is 0 Å². The van der Waals surface area contributed by atoms with E-state index in [9.17, 15) is 13.2 Å². The SMILES string of the molecule is CCOC(=O)CN1CCC(NS(C)(=O)=O)CC1. The van der Waals surface area contributed by atoms with Gasteiger partial charge in [-0.1, -0.05) is 0 Å². The number of piperidine rings is 1. The maximum atomic E-state index is 11.2. The minimum Gasteiger partial charge on any atom is -0.465 e. The molecule has 1 rings (SSSR count). The molecular formula is C10H20N2O4S. The lowest BCUT2D eigenvalue weighted by molar-refractivity contribution is -0.144. The van der Waals surface area contributed by atoms with E-state index in [2.05, 4.69) is 4.72 Å². The van der Waals surface area contributed by atoms with E-state index in [1.807, 2.05) is 4.90 Å². The third-order valence-electron chi connectivity index (χ3n) is 2.63. The number of carbonyl (C=O) groups is 1. The first-order valence-electron chi connectivity index (χ1n) is 5.76. The molecule has 100 valence electrons. The molecule has 1 heterocycles. The summed E-state index contributed by atoms with van der Waals surface area (Å²) in [5, 5.41) is 0. The molecule has 0 amide bonds. The Morgan fingerprint density at radius 2 is 2.00 bits per heavy atom. The third-order valence-corrected chi connectivity index (χ3v) is 3.39. The molecule has 1 saturated heterocycles. The maximum absolute atomic E-state index is 11.2. The normalized spacial score (nSPS) is 19.2. The van der Waals surface area contributed by atoms with Crippen molar-refractivity contribution < 1.29 is 17.9 Å². The average molecular weight is 264 g/mol. The fourth-order valence-electron chi connectivity index (χ4n) is 1.90. The predicted octanol–water partition coefficient (Wildman–Crippen LogP) is -0.437. The molecule has 0 aromatic rings. The third kappa shape index (κ3) is 5.99. The molecule has 0 unspecified atom stereocenters. The van der Waals surface area contributed by atoms with Crippen molar-refractivity contribution in [1.82, 2.24) is 9.62 Å². The molecule has 7 heteroatoms. The van der Waals surface area contributed by atoms with Gasteiger partial charge in [-0.25, -0.2) is 13.1 Å². The summed E-state index contributed by atoms with van der Waals surface area (Å²) in [7, 11) is -3.13. The zero-order valence-corrected chi connectivity index (χ0v) is 11.1. The molecule has 0 saturated carbocycles. The standard InChI is InChI=1S/C10H20N2O4S/c1-3-16-10(13)8-12-6-4-9(5-7-12)11-17(2,14)15/h9,11H,3-8H2,1-2H3. The van der Waals surface area contributed by atoms with Crippen LogP contribution in [0.1, 0.15) is 19.8 Å². The molecule has 1 aliphatic heterocycles. The Morgan fingerprint density at radius 3 is 2.47 bits per heavy atom. The summed E-state index contributed by atoms with van der Waals surface area (Å²) in [6.45, 7) is 3.89. The number of esters is 1. The van der Waals surface area contributed by atoms with Crippen LogP contribution in [-0.2, 0) is 19.6 Å². The molecule has 0 spiro atoms. The second-order valence-electron chi connectivity index (χ2n) is 4.25. The zero-order chi connectivity index (χ0) is 12.9. The second-order valence-corrected chi connectivity index (χ2v) is 6.03. The van der Waals surface area contributed by atoms with Crippen molar-refractivity contribution in [2.24, 2.45) is 0 Å². The van der Waals surface area contributed by atoms with E-state index in [1.165, 1.54) is 0 Å². The highest BCUT2D eigenvalue weighted by Crippen LogP contribution is 2.10. The monoisotopic (exact) mass is 264 g/mol. The van der Waals surface area contributed by atoms with Crippen LogP contribution in [-0.4, -0.2) is 57.8 Å². The fraction of sp³-hybridized carbons (Fsp3) is 0.900. The van der Waals surface area contributed by atoms with Crippen LogP contribution in [0.25, 0.3) is 0 Å². The molecule has 6 nitrogen and oxygen atoms in total. The van der Waals surface area contributed by atoms with Gasteiger partial charge in [-0.2, -0.15) is 0 Å². The van der Waals surface area contributed by atoms with Crippen molar-refractivity contribution in [3.63, 3.8) is 0 Å². The van der Waals surface area contributed by atoms with Gasteiger partial charge >= 0.3 is 5.97 Å². The summed E-state index contributed by atoms with van der Waals surface area (Å²) in [5.74, 6) is -0.220. The molecule has 1 aliphatic rings. The van der Waals surface area contributed by atoms with Crippen molar-refractivity contribution >= 4 is 16.0 Å².